The van der Waals surface area contributed by atoms with Gasteiger partial charge in [0.15, 0.2) is 0 Å². The average molecular weight is 311 g/mol. The monoisotopic (exact) mass is 310 g/mol. The number of rotatable bonds is 3. The molecular weight excluding hydrogens is 299 g/mol. The lowest BCUT2D eigenvalue weighted by Crippen LogP contribution is -2.16. The number of nitrogens with one attached hydrogen (secondary N) is 1. The minimum absolute atomic E-state index is 0.222. The molecule has 1 aromatic heterocycles. The van der Waals surface area contributed by atoms with Gasteiger partial charge in [0.05, 0.1) is 10.6 Å². The Bertz CT molecular complexity index is 727. The van der Waals surface area contributed by atoms with Gasteiger partial charge in [-0.3, -0.25) is 14.7 Å². The quantitative estimate of drug-likeness (QED) is 0.913. The molecule has 3 rings (SSSR count). The van der Waals surface area contributed by atoms with Gasteiger partial charge >= 0.3 is 0 Å². The van der Waals surface area contributed by atoms with E-state index in [1.807, 2.05) is 4.57 Å². The van der Waals surface area contributed by atoms with Crippen LogP contribution in [0.5, 0.6) is 5.75 Å². The van der Waals surface area contributed by atoms with Crippen LogP contribution in [0.2, 0.25) is 5.02 Å². The zero-order chi connectivity index (χ0) is 15.1. The highest BCUT2D eigenvalue weighted by atomic mass is 35.5. The normalized spacial score (nSPS) is 14.2. The SMILES string of the molecule is Cc1nnc(NC(=O)c2cc(F)cc(Cl)c2O)n1C1CC1. The van der Waals surface area contributed by atoms with Gasteiger partial charge in [-0.25, -0.2) is 4.39 Å². The van der Waals surface area contributed by atoms with Crippen LogP contribution in [0.25, 0.3) is 0 Å². The van der Waals surface area contributed by atoms with Crippen molar-refractivity contribution in [3.05, 3.63) is 34.4 Å². The number of aromatic hydroxyl groups is 1. The third-order valence-corrected chi connectivity index (χ3v) is 3.56. The smallest absolute Gasteiger partial charge is 0.261 e. The van der Waals surface area contributed by atoms with Crippen LogP contribution < -0.4 is 5.32 Å². The number of carbonyl (C=O) groups excluding carboxylic acids is 1. The van der Waals surface area contributed by atoms with Crippen molar-refractivity contribution in [1.29, 1.82) is 0 Å². The molecule has 1 fully saturated rings. The lowest BCUT2D eigenvalue weighted by molar-refractivity contribution is 0.102. The third-order valence-electron chi connectivity index (χ3n) is 3.28. The summed E-state index contributed by atoms with van der Waals surface area (Å²) in [6, 6.07) is 2.13. The number of phenols is 1. The summed E-state index contributed by atoms with van der Waals surface area (Å²) in [4.78, 5) is 12.2. The van der Waals surface area contributed by atoms with Crippen molar-refractivity contribution in [2.24, 2.45) is 0 Å². The van der Waals surface area contributed by atoms with E-state index in [0.29, 0.717) is 5.82 Å². The standard InChI is InChI=1S/C13H12ClFN4O2/c1-6-17-18-13(19(6)8-2-3-8)16-12(21)9-4-7(15)5-10(14)11(9)20/h4-5,8,20H,2-3H2,1H3,(H,16,18,21). The topological polar surface area (TPSA) is 80.0 Å². The van der Waals surface area contributed by atoms with Crippen molar-refractivity contribution >= 4 is 23.5 Å². The van der Waals surface area contributed by atoms with E-state index in [1.165, 1.54) is 0 Å². The van der Waals surface area contributed by atoms with Crippen molar-refractivity contribution in [1.82, 2.24) is 14.8 Å². The first-order chi connectivity index (χ1) is 9.97. The highest BCUT2D eigenvalue weighted by Crippen LogP contribution is 2.38. The maximum atomic E-state index is 13.3. The largest absolute Gasteiger partial charge is 0.506 e. The number of aryl methyl sites for hydroxylation is 1. The molecule has 2 N–H and O–H groups in total. The molecule has 1 aliphatic rings. The maximum absolute atomic E-state index is 13.3. The molecule has 0 spiro atoms. The van der Waals surface area contributed by atoms with Crippen LogP contribution in [0.15, 0.2) is 12.1 Å². The number of benzene rings is 1. The Morgan fingerprint density at radius 2 is 2.19 bits per heavy atom. The number of hydrogen-bond donors (Lipinski definition) is 2. The highest BCUT2D eigenvalue weighted by Gasteiger charge is 2.29. The summed E-state index contributed by atoms with van der Waals surface area (Å²) in [6.45, 7) is 1.79. The number of amides is 1. The van der Waals surface area contributed by atoms with Crippen LogP contribution in [0.4, 0.5) is 10.3 Å². The molecule has 6 nitrogen and oxygen atoms in total. The third kappa shape index (κ3) is 2.56. The van der Waals surface area contributed by atoms with E-state index in [4.69, 9.17) is 11.6 Å². The number of aromatic nitrogens is 3. The Hall–Kier alpha value is -2.15. The van der Waals surface area contributed by atoms with Crippen LogP contribution in [0.3, 0.4) is 0 Å². The fourth-order valence-corrected chi connectivity index (χ4v) is 2.34. The molecule has 1 amide bonds. The molecule has 8 heteroatoms. The van der Waals surface area contributed by atoms with Crippen LogP contribution in [0.1, 0.15) is 35.1 Å². The van der Waals surface area contributed by atoms with Crippen molar-refractivity contribution < 1.29 is 14.3 Å². The molecule has 0 bridgehead atoms. The molecule has 1 aliphatic carbocycles. The molecule has 0 atom stereocenters. The lowest BCUT2D eigenvalue weighted by Gasteiger charge is -2.09. The Balaban J connectivity index is 1.91. The summed E-state index contributed by atoms with van der Waals surface area (Å²) in [7, 11) is 0. The second-order valence-electron chi connectivity index (χ2n) is 4.91. The summed E-state index contributed by atoms with van der Waals surface area (Å²) in [5, 5.41) is 19.9. The fourth-order valence-electron chi connectivity index (χ4n) is 2.13. The van der Waals surface area contributed by atoms with E-state index in [0.717, 1.165) is 25.0 Å². The average Bonchev–Trinajstić information content (AvgIpc) is 3.19. The first kappa shape index (κ1) is 13.8. The maximum Gasteiger partial charge on any atom is 0.261 e. The summed E-state index contributed by atoms with van der Waals surface area (Å²) < 4.78 is 15.1. The lowest BCUT2D eigenvalue weighted by atomic mass is 10.2. The van der Waals surface area contributed by atoms with Gasteiger partial charge in [0.1, 0.15) is 17.4 Å². The van der Waals surface area contributed by atoms with Crippen LogP contribution >= 0.6 is 11.6 Å². The molecule has 110 valence electrons. The van der Waals surface area contributed by atoms with Gasteiger partial charge in [-0.05, 0) is 31.9 Å². The Labute approximate surface area is 124 Å². The molecule has 1 aromatic carbocycles. The van der Waals surface area contributed by atoms with Crippen molar-refractivity contribution in [2.75, 3.05) is 5.32 Å². The molecule has 1 saturated carbocycles. The summed E-state index contributed by atoms with van der Waals surface area (Å²) in [5.41, 5.74) is -0.247. The summed E-state index contributed by atoms with van der Waals surface area (Å²) in [6.07, 6.45) is 2.00. The molecular formula is C13H12ClFN4O2. The van der Waals surface area contributed by atoms with Crippen LogP contribution in [0, 0.1) is 12.7 Å². The van der Waals surface area contributed by atoms with Gasteiger partial charge in [-0.2, -0.15) is 0 Å². The van der Waals surface area contributed by atoms with Gasteiger partial charge in [0, 0.05) is 6.04 Å². The molecule has 0 unspecified atom stereocenters. The second kappa shape index (κ2) is 5.00. The highest BCUT2D eigenvalue weighted by molar-refractivity contribution is 6.32. The predicted molar refractivity (Wildman–Crippen MR) is 74.1 cm³/mol. The van der Waals surface area contributed by atoms with Gasteiger partial charge in [-0.15, -0.1) is 10.2 Å². The van der Waals surface area contributed by atoms with E-state index >= 15 is 0 Å². The van der Waals surface area contributed by atoms with E-state index < -0.39 is 17.5 Å². The van der Waals surface area contributed by atoms with Gasteiger partial charge in [0.25, 0.3) is 5.91 Å². The minimum atomic E-state index is -0.706. The second-order valence-corrected chi connectivity index (χ2v) is 5.32. The van der Waals surface area contributed by atoms with E-state index in [1.54, 1.807) is 6.92 Å². The molecule has 21 heavy (non-hydrogen) atoms. The fraction of sp³-hybridized carbons (Fsp3) is 0.308. The zero-order valence-electron chi connectivity index (χ0n) is 11.1. The zero-order valence-corrected chi connectivity index (χ0v) is 11.9. The van der Waals surface area contributed by atoms with Crippen LogP contribution in [-0.2, 0) is 0 Å². The Kier molecular flexibility index (Phi) is 3.29. The molecule has 0 radical (unpaired) electrons. The van der Waals surface area contributed by atoms with Crippen molar-refractivity contribution in [3.63, 3.8) is 0 Å². The number of halogens is 2. The van der Waals surface area contributed by atoms with E-state index in [-0.39, 0.29) is 22.6 Å². The first-order valence-electron chi connectivity index (χ1n) is 6.38. The van der Waals surface area contributed by atoms with E-state index in [2.05, 4.69) is 15.5 Å². The van der Waals surface area contributed by atoms with Gasteiger partial charge in [-0.1, -0.05) is 11.6 Å². The predicted octanol–water partition coefficient (Wildman–Crippen LogP) is 2.67. The summed E-state index contributed by atoms with van der Waals surface area (Å²) >= 11 is 5.66. The minimum Gasteiger partial charge on any atom is -0.506 e. The number of hydrogen-bond acceptors (Lipinski definition) is 4. The number of carbonyl (C=O) groups is 1. The summed E-state index contributed by atoms with van der Waals surface area (Å²) in [5.74, 6) is -0.898. The van der Waals surface area contributed by atoms with Gasteiger partial charge < -0.3 is 5.11 Å². The number of nitrogens with zero attached hydrogens (tertiary/aromatic N) is 3. The van der Waals surface area contributed by atoms with Crippen molar-refractivity contribution in [3.8, 4) is 5.75 Å². The van der Waals surface area contributed by atoms with Crippen molar-refractivity contribution in [2.45, 2.75) is 25.8 Å². The molecule has 0 saturated heterocycles. The Morgan fingerprint density at radius 3 is 2.86 bits per heavy atom. The number of phenolic OH excluding ortho intramolecular Hbond substituents is 1. The molecule has 0 aliphatic heterocycles. The van der Waals surface area contributed by atoms with E-state index in [9.17, 15) is 14.3 Å². The number of anilines is 1. The Morgan fingerprint density at radius 1 is 1.48 bits per heavy atom. The van der Waals surface area contributed by atoms with Gasteiger partial charge in [0.2, 0.25) is 5.95 Å². The molecule has 1 heterocycles. The van der Waals surface area contributed by atoms with Crippen LogP contribution in [-0.4, -0.2) is 25.8 Å². The molecule has 2 aromatic rings. The first-order valence-corrected chi connectivity index (χ1v) is 6.76.